The van der Waals surface area contributed by atoms with Crippen molar-refractivity contribution in [2.75, 3.05) is 11.0 Å². The van der Waals surface area contributed by atoms with E-state index in [9.17, 15) is 17.6 Å². The summed E-state index contributed by atoms with van der Waals surface area (Å²) in [5.41, 5.74) is 2.11. The number of halogens is 1. The van der Waals surface area contributed by atoms with E-state index in [1.54, 1.807) is 53.9 Å². The lowest BCUT2D eigenvalue weighted by Gasteiger charge is -2.21. The van der Waals surface area contributed by atoms with Crippen molar-refractivity contribution in [2.45, 2.75) is 12.5 Å². The molecular weight excluding hydrogens is 425 g/mol. The average Bonchev–Trinajstić information content (AvgIpc) is 3.37. The van der Waals surface area contributed by atoms with Gasteiger partial charge < -0.3 is 0 Å². The number of para-hydroxylation sites is 1. The fraction of sp³-hybridized carbons (Fsp3) is 0.143. The molecule has 154 valence electrons. The SMILES string of the molecule is CS(=O)(=O)Nc1ccccc1C1=NN(C(=O)c2cccs2)C(c2cccc(F)c2)C1. The van der Waals surface area contributed by atoms with Gasteiger partial charge in [0.25, 0.3) is 5.91 Å². The van der Waals surface area contributed by atoms with Gasteiger partial charge in [-0.3, -0.25) is 9.52 Å². The largest absolute Gasteiger partial charge is 0.284 e. The predicted molar refractivity (Wildman–Crippen MR) is 116 cm³/mol. The third-order valence-electron chi connectivity index (χ3n) is 4.62. The molecule has 1 aliphatic rings. The first-order valence-electron chi connectivity index (χ1n) is 9.09. The molecule has 1 unspecified atom stereocenters. The molecular formula is C21H18FN3O3S2. The first-order valence-corrected chi connectivity index (χ1v) is 11.9. The number of hydrogen-bond acceptors (Lipinski definition) is 5. The minimum absolute atomic E-state index is 0.289. The Bertz CT molecular complexity index is 1220. The number of amides is 1. The van der Waals surface area contributed by atoms with Gasteiger partial charge in [0.05, 0.1) is 28.6 Å². The molecule has 6 nitrogen and oxygen atoms in total. The maximum Gasteiger partial charge on any atom is 0.284 e. The second-order valence-electron chi connectivity index (χ2n) is 6.87. The molecule has 1 atom stereocenters. The van der Waals surface area contributed by atoms with Crippen molar-refractivity contribution in [2.24, 2.45) is 5.10 Å². The summed E-state index contributed by atoms with van der Waals surface area (Å²) < 4.78 is 39.9. The lowest BCUT2D eigenvalue weighted by Crippen LogP contribution is -2.26. The number of sulfonamides is 1. The number of benzene rings is 2. The second-order valence-corrected chi connectivity index (χ2v) is 9.56. The standard InChI is InChI=1S/C21H18FN3O3S2/c1-30(27,28)24-17-9-3-2-8-16(17)18-13-19(14-6-4-7-15(22)12-14)25(23-18)21(26)20-10-5-11-29-20/h2-12,19,24H,13H2,1H3. The Balaban J connectivity index is 1.77. The molecule has 0 aliphatic carbocycles. The Morgan fingerprint density at radius 2 is 1.97 bits per heavy atom. The van der Waals surface area contributed by atoms with Crippen LogP contribution in [0.4, 0.5) is 10.1 Å². The Labute approximate surface area is 177 Å². The van der Waals surface area contributed by atoms with Gasteiger partial charge >= 0.3 is 0 Å². The van der Waals surface area contributed by atoms with Crippen molar-refractivity contribution >= 4 is 38.7 Å². The van der Waals surface area contributed by atoms with E-state index in [4.69, 9.17) is 0 Å². The van der Waals surface area contributed by atoms with Crippen molar-refractivity contribution in [3.8, 4) is 0 Å². The topological polar surface area (TPSA) is 78.8 Å². The molecule has 1 N–H and O–H groups in total. The van der Waals surface area contributed by atoms with E-state index >= 15 is 0 Å². The predicted octanol–water partition coefficient (Wildman–Crippen LogP) is 4.25. The minimum Gasteiger partial charge on any atom is -0.283 e. The number of hydrogen-bond donors (Lipinski definition) is 1. The number of anilines is 1. The number of hydrazone groups is 1. The summed E-state index contributed by atoms with van der Waals surface area (Å²) in [6, 6.07) is 15.9. The quantitative estimate of drug-likeness (QED) is 0.640. The molecule has 1 aromatic heterocycles. The molecule has 1 aliphatic heterocycles. The van der Waals surface area contributed by atoms with E-state index in [1.807, 2.05) is 0 Å². The Hall–Kier alpha value is -3.04. The molecule has 0 radical (unpaired) electrons. The van der Waals surface area contributed by atoms with Gasteiger partial charge in [0.15, 0.2) is 0 Å². The summed E-state index contributed by atoms with van der Waals surface area (Å²) in [6.07, 6.45) is 1.39. The number of thiophene rings is 1. The van der Waals surface area contributed by atoms with Crippen LogP contribution in [0.1, 0.15) is 33.3 Å². The highest BCUT2D eigenvalue weighted by atomic mass is 32.2. The molecule has 9 heteroatoms. The summed E-state index contributed by atoms with van der Waals surface area (Å²) in [4.78, 5) is 13.6. The van der Waals surface area contributed by atoms with E-state index in [-0.39, 0.29) is 5.91 Å². The zero-order chi connectivity index (χ0) is 21.3. The summed E-state index contributed by atoms with van der Waals surface area (Å²) >= 11 is 1.30. The molecule has 0 saturated carbocycles. The maximum absolute atomic E-state index is 13.9. The summed E-state index contributed by atoms with van der Waals surface area (Å²) in [5, 5.41) is 7.70. The van der Waals surface area contributed by atoms with Crippen LogP contribution >= 0.6 is 11.3 Å². The van der Waals surface area contributed by atoms with Gasteiger partial charge in [0.2, 0.25) is 10.0 Å². The number of carbonyl (C=O) groups is 1. The highest BCUT2D eigenvalue weighted by Crippen LogP contribution is 2.36. The van der Waals surface area contributed by atoms with E-state index in [0.717, 1.165) is 6.26 Å². The molecule has 0 bridgehead atoms. The summed E-state index contributed by atoms with van der Waals surface area (Å²) in [6.45, 7) is 0. The van der Waals surface area contributed by atoms with E-state index in [0.29, 0.717) is 33.8 Å². The molecule has 30 heavy (non-hydrogen) atoms. The Morgan fingerprint density at radius 3 is 2.67 bits per heavy atom. The van der Waals surface area contributed by atoms with Gasteiger partial charge in [-0.1, -0.05) is 36.4 Å². The van der Waals surface area contributed by atoms with Crippen molar-refractivity contribution < 1.29 is 17.6 Å². The average molecular weight is 444 g/mol. The van der Waals surface area contributed by atoms with Gasteiger partial charge in [-0.05, 0) is 35.2 Å². The normalized spacial score (nSPS) is 16.4. The molecule has 2 aromatic carbocycles. The van der Waals surface area contributed by atoms with Crippen LogP contribution in [-0.2, 0) is 10.0 Å². The van der Waals surface area contributed by atoms with E-state index in [1.165, 1.54) is 28.5 Å². The van der Waals surface area contributed by atoms with Crippen LogP contribution in [0.25, 0.3) is 0 Å². The smallest absolute Gasteiger partial charge is 0.283 e. The molecule has 0 spiro atoms. The lowest BCUT2D eigenvalue weighted by molar-refractivity contribution is 0.0716. The third-order valence-corrected chi connectivity index (χ3v) is 6.07. The maximum atomic E-state index is 13.9. The zero-order valence-electron chi connectivity index (χ0n) is 15.9. The van der Waals surface area contributed by atoms with Gasteiger partial charge in [0.1, 0.15) is 5.82 Å². The molecule has 3 aromatic rings. The van der Waals surface area contributed by atoms with Crippen LogP contribution in [0, 0.1) is 5.82 Å². The van der Waals surface area contributed by atoms with Crippen molar-refractivity contribution in [1.29, 1.82) is 0 Å². The molecule has 4 rings (SSSR count). The van der Waals surface area contributed by atoms with Crippen molar-refractivity contribution in [1.82, 2.24) is 5.01 Å². The molecule has 0 fully saturated rings. The van der Waals surface area contributed by atoms with Gasteiger partial charge in [-0.15, -0.1) is 11.3 Å². The van der Waals surface area contributed by atoms with Crippen LogP contribution in [0.3, 0.4) is 0 Å². The molecule has 2 heterocycles. The fourth-order valence-corrected chi connectivity index (χ4v) is 4.60. The summed E-state index contributed by atoms with van der Waals surface area (Å²) in [7, 11) is -3.50. The molecule has 0 saturated heterocycles. The highest BCUT2D eigenvalue weighted by molar-refractivity contribution is 7.92. The Kier molecular flexibility index (Phi) is 5.40. The van der Waals surface area contributed by atoms with Crippen molar-refractivity contribution in [3.63, 3.8) is 0 Å². The molecule has 1 amide bonds. The number of nitrogens with one attached hydrogen (secondary N) is 1. The fourth-order valence-electron chi connectivity index (χ4n) is 3.37. The van der Waals surface area contributed by atoms with Gasteiger partial charge in [-0.25, -0.2) is 17.8 Å². The van der Waals surface area contributed by atoms with Crippen LogP contribution in [0.15, 0.2) is 71.1 Å². The number of carbonyl (C=O) groups excluding carboxylic acids is 1. The van der Waals surface area contributed by atoms with Crippen LogP contribution in [-0.4, -0.2) is 31.3 Å². The van der Waals surface area contributed by atoms with E-state index < -0.39 is 21.9 Å². The monoisotopic (exact) mass is 443 g/mol. The number of rotatable bonds is 5. The van der Waals surface area contributed by atoms with Crippen LogP contribution in [0.5, 0.6) is 0 Å². The first-order chi connectivity index (χ1) is 14.3. The van der Waals surface area contributed by atoms with Gasteiger partial charge in [-0.2, -0.15) is 5.10 Å². The number of nitrogens with zero attached hydrogens (tertiary/aromatic N) is 2. The third kappa shape index (κ3) is 4.27. The zero-order valence-corrected chi connectivity index (χ0v) is 17.6. The summed E-state index contributed by atoms with van der Waals surface area (Å²) in [5.74, 6) is -0.688. The Morgan fingerprint density at radius 1 is 1.17 bits per heavy atom. The first kappa shape index (κ1) is 20.2. The van der Waals surface area contributed by atoms with Crippen molar-refractivity contribution in [3.05, 3.63) is 87.9 Å². The minimum atomic E-state index is -3.50. The van der Waals surface area contributed by atoms with Crippen LogP contribution < -0.4 is 4.72 Å². The highest BCUT2D eigenvalue weighted by Gasteiger charge is 2.35. The van der Waals surface area contributed by atoms with Gasteiger partial charge in [0, 0.05) is 12.0 Å². The lowest BCUT2D eigenvalue weighted by atomic mass is 9.97. The van der Waals surface area contributed by atoms with Crippen LogP contribution in [0.2, 0.25) is 0 Å². The second kappa shape index (κ2) is 8.00. The van der Waals surface area contributed by atoms with E-state index in [2.05, 4.69) is 9.82 Å².